The summed E-state index contributed by atoms with van der Waals surface area (Å²) in [6, 6.07) is 4.71. The highest BCUT2D eigenvalue weighted by Gasteiger charge is 2.08. The van der Waals surface area contributed by atoms with Crippen LogP contribution in [0.3, 0.4) is 0 Å². The van der Waals surface area contributed by atoms with E-state index in [1.165, 1.54) is 24.5 Å². The van der Waals surface area contributed by atoms with Gasteiger partial charge in [-0.15, -0.1) is 0 Å². The number of nitrogens with one attached hydrogen (secondary N) is 1. The van der Waals surface area contributed by atoms with Gasteiger partial charge in [0, 0.05) is 12.6 Å². The molecule has 0 saturated carbocycles. The predicted octanol–water partition coefficient (Wildman–Crippen LogP) is 3.87. The second kappa shape index (κ2) is 6.16. The summed E-state index contributed by atoms with van der Waals surface area (Å²) >= 11 is 3.09. The Morgan fingerprint density at radius 3 is 2.95 bits per heavy atom. The van der Waals surface area contributed by atoms with Crippen LogP contribution in [0.15, 0.2) is 33.4 Å². The van der Waals surface area contributed by atoms with Crippen LogP contribution in [0, 0.1) is 5.82 Å². The van der Waals surface area contributed by atoms with E-state index in [1.54, 1.807) is 0 Å². The second-order valence-electron chi connectivity index (χ2n) is 4.32. The maximum absolute atomic E-state index is 13.1. The van der Waals surface area contributed by atoms with E-state index in [-0.39, 0.29) is 11.9 Å². The van der Waals surface area contributed by atoms with Crippen molar-refractivity contribution in [3.63, 3.8) is 0 Å². The number of rotatable bonds is 5. The van der Waals surface area contributed by atoms with Crippen LogP contribution in [0.5, 0.6) is 11.8 Å². The predicted molar refractivity (Wildman–Crippen MR) is 72.7 cm³/mol. The number of hydrogen-bond donors (Lipinski definition) is 1. The molecule has 102 valence electrons. The first-order chi connectivity index (χ1) is 9.04. The molecule has 0 atom stereocenters. The molecule has 0 unspecified atom stereocenters. The number of halogens is 2. The van der Waals surface area contributed by atoms with Gasteiger partial charge in [-0.2, -0.15) is 4.98 Å². The van der Waals surface area contributed by atoms with Gasteiger partial charge in [-0.05, 0) is 34.1 Å². The van der Waals surface area contributed by atoms with Crippen molar-refractivity contribution in [1.29, 1.82) is 0 Å². The monoisotopic (exact) mass is 328 g/mol. The third-order valence-electron chi connectivity index (χ3n) is 2.32. The Bertz CT molecular complexity index is 557. The third-order valence-corrected chi connectivity index (χ3v) is 2.93. The Morgan fingerprint density at radius 1 is 1.47 bits per heavy atom. The minimum absolute atomic E-state index is 0.138. The van der Waals surface area contributed by atoms with Crippen molar-refractivity contribution >= 4 is 15.9 Å². The van der Waals surface area contributed by atoms with Gasteiger partial charge in [0.05, 0.1) is 10.2 Å². The SMILES string of the molecule is CC(C)NCc1coc(Oc2ccc(F)c(Br)c2)n1. The Morgan fingerprint density at radius 2 is 2.26 bits per heavy atom. The highest BCUT2D eigenvalue weighted by molar-refractivity contribution is 9.10. The lowest BCUT2D eigenvalue weighted by Crippen LogP contribution is -2.21. The van der Waals surface area contributed by atoms with Crippen molar-refractivity contribution in [1.82, 2.24) is 10.3 Å². The van der Waals surface area contributed by atoms with Gasteiger partial charge in [0.1, 0.15) is 17.8 Å². The van der Waals surface area contributed by atoms with E-state index in [1.807, 2.05) is 13.8 Å². The molecule has 0 fully saturated rings. The lowest BCUT2D eigenvalue weighted by atomic mass is 10.3. The van der Waals surface area contributed by atoms with Gasteiger partial charge in [-0.1, -0.05) is 13.8 Å². The van der Waals surface area contributed by atoms with Crippen molar-refractivity contribution in [3.8, 4) is 11.8 Å². The molecular weight excluding hydrogens is 315 g/mol. The summed E-state index contributed by atoms with van der Waals surface area (Å²) in [7, 11) is 0. The molecule has 1 aromatic carbocycles. The topological polar surface area (TPSA) is 47.3 Å². The molecule has 1 aromatic heterocycles. The lowest BCUT2D eigenvalue weighted by Gasteiger charge is -2.04. The van der Waals surface area contributed by atoms with Gasteiger partial charge >= 0.3 is 6.08 Å². The summed E-state index contributed by atoms with van der Waals surface area (Å²) in [5.41, 5.74) is 0.755. The molecule has 0 aliphatic rings. The lowest BCUT2D eigenvalue weighted by molar-refractivity contribution is 0.330. The fourth-order valence-corrected chi connectivity index (χ4v) is 1.72. The number of aromatic nitrogens is 1. The van der Waals surface area contributed by atoms with Crippen molar-refractivity contribution in [3.05, 3.63) is 40.4 Å². The van der Waals surface area contributed by atoms with E-state index >= 15 is 0 Å². The molecule has 1 N–H and O–H groups in total. The summed E-state index contributed by atoms with van der Waals surface area (Å²) < 4.78 is 24.0. The summed E-state index contributed by atoms with van der Waals surface area (Å²) in [6.45, 7) is 4.71. The molecule has 0 radical (unpaired) electrons. The summed E-state index contributed by atoms with van der Waals surface area (Å²) in [6.07, 6.45) is 1.67. The van der Waals surface area contributed by atoms with E-state index in [9.17, 15) is 4.39 Å². The fourth-order valence-electron chi connectivity index (χ4n) is 1.37. The molecule has 2 rings (SSSR count). The van der Waals surface area contributed by atoms with E-state index in [0.29, 0.717) is 22.8 Å². The number of oxazole rings is 1. The first kappa shape index (κ1) is 14.0. The fraction of sp³-hybridized carbons (Fsp3) is 0.308. The molecule has 1 heterocycles. The number of ether oxygens (including phenoxy) is 1. The van der Waals surface area contributed by atoms with Gasteiger partial charge in [0.2, 0.25) is 0 Å². The smallest absolute Gasteiger partial charge is 0.399 e. The van der Waals surface area contributed by atoms with Crippen LogP contribution >= 0.6 is 15.9 Å². The quantitative estimate of drug-likeness (QED) is 0.905. The van der Waals surface area contributed by atoms with Crippen LogP contribution in [0.25, 0.3) is 0 Å². The summed E-state index contributed by atoms with van der Waals surface area (Å²) in [5.74, 6) is 0.111. The van der Waals surface area contributed by atoms with E-state index in [0.717, 1.165) is 5.69 Å². The minimum Gasteiger partial charge on any atom is -0.417 e. The number of hydrogen-bond acceptors (Lipinski definition) is 4. The largest absolute Gasteiger partial charge is 0.417 e. The van der Waals surface area contributed by atoms with Crippen molar-refractivity contribution in [2.45, 2.75) is 26.4 Å². The zero-order chi connectivity index (χ0) is 13.8. The van der Waals surface area contributed by atoms with Crippen molar-refractivity contribution in [2.75, 3.05) is 0 Å². The Labute approximate surface area is 119 Å². The summed E-state index contributed by atoms with van der Waals surface area (Å²) in [4.78, 5) is 4.17. The van der Waals surface area contributed by atoms with E-state index in [4.69, 9.17) is 9.15 Å². The normalized spacial score (nSPS) is 11.0. The van der Waals surface area contributed by atoms with Crippen molar-refractivity contribution < 1.29 is 13.5 Å². The maximum Gasteiger partial charge on any atom is 0.399 e. The third kappa shape index (κ3) is 4.04. The molecule has 0 aliphatic heterocycles. The Kier molecular flexibility index (Phi) is 4.55. The molecule has 0 amide bonds. The molecule has 0 saturated heterocycles. The maximum atomic E-state index is 13.1. The average Bonchev–Trinajstić information content (AvgIpc) is 2.79. The first-order valence-corrected chi connectivity index (χ1v) is 6.64. The zero-order valence-electron chi connectivity index (χ0n) is 10.6. The molecule has 0 bridgehead atoms. The van der Waals surface area contributed by atoms with Crippen molar-refractivity contribution in [2.24, 2.45) is 0 Å². The molecule has 4 nitrogen and oxygen atoms in total. The molecule has 2 aromatic rings. The van der Waals surface area contributed by atoms with Gasteiger partial charge in [-0.25, -0.2) is 4.39 Å². The van der Waals surface area contributed by atoms with Crippen LogP contribution in [0.1, 0.15) is 19.5 Å². The second-order valence-corrected chi connectivity index (χ2v) is 5.17. The van der Waals surface area contributed by atoms with Gasteiger partial charge in [0.25, 0.3) is 0 Å². The molecular formula is C13H14BrFN2O2. The zero-order valence-corrected chi connectivity index (χ0v) is 12.2. The van der Waals surface area contributed by atoms with Gasteiger partial charge in [-0.3, -0.25) is 0 Å². The van der Waals surface area contributed by atoms with E-state index < -0.39 is 0 Å². The standard InChI is InChI=1S/C13H14BrFN2O2/c1-8(2)16-6-9-7-18-13(17-9)19-10-3-4-12(15)11(14)5-10/h3-5,7-8,16H,6H2,1-2H3. The number of nitrogens with zero attached hydrogens (tertiary/aromatic N) is 1. The highest BCUT2D eigenvalue weighted by Crippen LogP contribution is 2.25. The number of benzene rings is 1. The average molecular weight is 329 g/mol. The van der Waals surface area contributed by atoms with Crippen LogP contribution in [-0.4, -0.2) is 11.0 Å². The molecule has 0 spiro atoms. The van der Waals surface area contributed by atoms with Crippen LogP contribution < -0.4 is 10.1 Å². The van der Waals surface area contributed by atoms with Crippen LogP contribution in [-0.2, 0) is 6.54 Å². The molecule has 6 heteroatoms. The van der Waals surface area contributed by atoms with Gasteiger partial charge in [0.15, 0.2) is 0 Å². The van der Waals surface area contributed by atoms with Crippen LogP contribution in [0.4, 0.5) is 4.39 Å². The minimum atomic E-state index is -0.346. The van der Waals surface area contributed by atoms with Crippen LogP contribution in [0.2, 0.25) is 0 Å². The highest BCUT2D eigenvalue weighted by atomic mass is 79.9. The molecule has 19 heavy (non-hydrogen) atoms. The molecule has 0 aliphatic carbocycles. The Balaban J connectivity index is 2.01. The van der Waals surface area contributed by atoms with Gasteiger partial charge < -0.3 is 14.5 Å². The summed E-state index contributed by atoms with van der Waals surface area (Å²) in [5, 5.41) is 3.22. The Hall–Kier alpha value is -1.40. The first-order valence-electron chi connectivity index (χ1n) is 5.85. The van der Waals surface area contributed by atoms with E-state index in [2.05, 4.69) is 26.2 Å².